The van der Waals surface area contributed by atoms with Gasteiger partial charge in [-0.25, -0.2) is 9.59 Å². The van der Waals surface area contributed by atoms with E-state index in [1.807, 2.05) is 30.3 Å². The largest absolute Gasteiger partial charge is 0.464 e. The Morgan fingerprint density at radius 2 is 1.88 bits per heavy atom. The number of ether oxygens (including phenoxy) is 2. The van der Waals surface area contributed by atoms with Crippen LogP contribution in [0.5, 0.6) is 0 Å². The highest BCUT2D eigenvalue weighted by molar-refractivity contribution is 5.82. The molecule has 1 aromatic carbocycles. The van der Waals surface area contributed by atoms with Crippen LogP contribution in [0.15, 0.2) is 30.3 Å². The van der Waals surface area contributed by atoms with Crippen molar-refractivity contribution in [3.63, 3.8) is 0 Å². The quantitative estimate of drug-likeness (QED) is 0.846. The summed E-state index contributed by atoms with van der Waals surface area (Å²) in [6.45, 7) is 7.16. The summed E-state index contributed by atoms with van der Waals surface area (Å²) in [6, 6.07) is 8.85. The van der Waals surface area contributed by atoms with E-state index in [0.29, 0.717) is 12.8 Å². The van der Waals surface area contributed by atoms with Crippen molar-refractivity contribution >= 4 is 12.1 Å². The van der Waals surface area contributed by atoms with Crippen LogP contribution in [0, 0.1) is 5.92 Å². The fourth-order valence-electron chi connectivity index (χ4n) is 3.04. The van der Waals surface area contributed by atoms with Crippen LogP contribution in [0.25, 0.3) is 0 Å². The number of hydrogen-bond acceptors (Lipinski definition) is 5. The molecule has 1 heterocycles. The highest BCUT2D eigenvalue weighted by atomic mass is 16.6. The van der Waals surface area contributed by atoms with E-state index < -0.39 is 29.9 Å². The Labute approximate surface area is 148 Å². The lowest BCUT2D eigenvalue weighted by atomic mass is 9.95. The van der Waals surface area contributed by atoms with Crippen LogP contribution in [0.2, 0.25) is 0 Å². The first-order chi connectivity index (χ1) is 11.7. The molecule has 6 heteroatoms. The van der Waals surface area contributed by atoms with Gasteiger partial charge in [-0.2, -0.15) is 0 Å². The van der Waals surface area contributed by atoms with Crippen LogP contribution in [0.1, 0.15) is 39.7 Å². The van der Waals surface area contributed by atoms with Gasteiger partial charge in [0.15, 0.2) is 0 Å². The van der Waals surface area contributed by atoms with Crippen LogP contribution < -0.4 is 0 Å². The first-order valence-electron chi connectivity index (χ1n) is 8.63. The molecular weight excluding hydrogens is 322 g/mol. The predicted molar refractivity (Wildman–Crippen MR) is 92.8 cm³/mol. The van der Waals surface area contributed by atoms with E-state index in [4.69, 9.17) is 9.47 Å². The molecule has 3 atom stereocenters. The molecule has 0 bridgehead atoms. The first-order valence-corrected chi connectivity index (χ1v) is 8.63. The molecule has 0 aromatic heterocycles. The zero-order valence-corrected chi connectivity index (χ0v) is 15.3. The summed E-state index contributed by atoms with van der Waals surface area (Å²) in [5.74, 6) is -0.771. The number of amides is 1. The van der Waals surface area contributed by atoms with E-state index in [9.17, 15) is 14.7 Å². The van der Waals surface area contributed by atoms with Gasteiger partial charge in [-0.1, -0.05) is 30.3 Å². The maximum Gasteiger partial charge on any atom is 0.413 e. The van der Waals surface area contributed by atoms with Crippen LogP contribution in [0.4, 0.5) is 4.79 Å². The molecule has 0 spiro atoms. The number of rotatable bonds is 4. The molecule has 6 nitrogen and oxygen atoms in total. The van der Waals surface area contributed by atoms with Crippen molar-refractivity contribution in [2.45, 2.75) is 58.4 Å². The lowest BCUT2D eigenvalue weighted by Gasteiger charge is -2.30. The summed E-state index contributed by atoms with van der Waals surface area (Å²) < 4.78 is 10.5. The van der Waals surface area contributed by atoms with Gasteiger partial charge in [0.25, 0.3) is 0 Å². The Hall–Kier alpha value is -2.08. The fraction of sp³-hybridized carbons (Fsp3) is 0.579. The van der Waals surface area contributed by atoms with Gasteiger partial charge in [-0.15, -0.1) is 0 Å². The Morgan fingerprint density at radius 1 is 1.24 bits per heavy atom. The summed E-state index contributed by atoms with van der Waals surface area (Å²) in [6.07, 6.45) is -0.885. The van der Waals surface area contributed by atoms with Crippen LogP contribution in [0.3, 0.4) is 0 Å². The zero-order chi connectivity index (χ0) is 18.6. The topological polar surface area (TPSA) is 76.1 Å². The van der Waals surface area contributed by atoms with Gasteiger partial charge in [0.2, 0.25) is 0 Å². The third kappa shape index (κ3) is 4.95. The van der Waals surface area contributed by atoms with E-state index >= 15 is 0 Å². The van der Waals surface area contributed by atoms with Crippen LogP contribution >= 0.6 is 0 Å². The van der Waals surface area contributed by atoms with E-state index in [2.05, 4.69) is 0 Å². The summed E-state index contributed by atoms with van der Waals surface area (Å²) in [5.41, 5.74) is 0.327. The maximum atomic E-state index is 12.5. The summed E-state index contributed by atoms with van der Waals surface area (Å²) in [5, 5.41) is 10.7. The van der Waals surface area contributed by atoms with Crippen molar-refractivity contribution in [2.75, 3.05) is 6.61 Å². The van der Waals surface area contributed by atoms with E-state index in [0.717, 1.165) is 10.5 Å². The van der Waals surface area contributed by atoms with Crippen molar-refractivity contribution < 1.29 is 24.2 Å². The molecule has 1 fully saturated rings. The molecule has 2 rings (SSSR count). The average molecular weight is 349 g/mol. The normalized spacial score (nSPS) is 23.4. The van der Waals surface area contributed by atoms with E-state index in [1.165, 1.54) is 0 Å². The predicted octanol–water partition coefficient (Wildman–Crippen LogP) is 2.74. The van der Waals surface area contributed by atoms with Gasteiger partial charge in [-0.05, 0) is 46.1 Å². The number of nitrogens with zero attached hydrogens (tertiary/aromatic N) is 1. The number of carbonyl (C=O) groups is 2. The molecule has 1 saturated heterocycles. The number of likely N-dealkylation sites (tertiary alicyclic amines) is 1. The zero-order valence-electron chi connectivity index (χ0n) is 15.3. The van der Waals surface area contributed by atoms with Crippen molar-refractivity contribution in [3.05, 3.63) is 35.9 Å². The molecule has 0 saturated carbocycles. The first kappa shape index (κ1) is 19.2. The summed E-state index contributed by atoms with van der Waals surface area (Å²) in [7, 11) is 0. The Kier molecular flexibility index (Phi) is 6.06. The number of hydrogen-bond donors (Lipinski definition) is 1. The van der Waals surface area contributed by atoms with Gasteiger partial charge >= 0.3 is 12.1 Å². The molecular formula is C19H27NO5. The van der Waals surface area contributed by atoms with Gasteiger partial charge in [0.05, 0.1) is 6.61 Å². The molecule has 1 aliphatic heterocycles. The number of aliphatic hydroxyl groups is 1. The molecule has 25 heavy (non-hydrogen) atoms. The second-order valence-corrected chi connectivity index (χ2v) is 7.25. The average Bonchev–Trinajstić information content (AvgIpc) is 2.84. The number of aliphatic hydroxyl groups excluding tert-OH is 1. The minimum absolute atomic E-state index is 0.219. The second kappa shape index (κ2) is 7.87. The molecule has 1 unspecified atom stereocenters. The van der Waals surface area contributed by atoms with Gasteiger partial charge in [0, 0.05) is 5.92 Å². The third-order valence-electron chi connectivity index (χ3n) is 4.07. The van der Waals surface area contributed by atoms with Crippen molar-refractivity contribution in [1.82, 2.24) is 4.90 Å². The Morgan fingerprint density at radius 3 is 2.44 bits per heavy atom. The van der Waals surface area contributed by atoms with Crippen LogP contribution in [-0.4, -0.2) is 46.5 Å². The molecule has 1 amide bonds. The molecule has 1 N–H and O–H groups in total. The minimum Gasteiger partial charge on any atom is -0.464 e. The smallest absolute Gasteiger partial charge is 0.413 e. The number of carbonyl (C=O) groups excluding carboxylic acids is 2. The Balaban J connectivity index is 2.20. The van der Waals surface area contributed by atoms with Crippen molar-refractivity contribution in [1.29, 1.82) is 0 Å². The third-order valence-corrected chi connectivity index (χ3v) is 4.07. The molecule has 0 radical (unpaired) electrons. The SMILES string of the molecule is CCOC(=O)[C@@H]1C[C@H](Cc2ccccc2)C(O)N1C(=O)OC(C)(C)C. The van der Waals surface area contributed by atoms with Crippen molar-refractivity contribution in [2.24, 2.45) is 5.92 Å². The van der Waals surface area contributed by atoms with E-state index in [-0.39, 0.29) is 12.5 Å². The maximum absolute atomic E-state index is 12.5. The monoisotopic (exact) mass is 349 g/mol. The summed E-state index contributed by atoms with van der Waals surface area (Å²) >= 11 is 0. The highest BCUT2D eigenvalue weighted by Crippen LogP contribution is 2.33. The Bertz CT molecular complexity index is 596. The fourth-order valence-corrected chi connectivity index (χ4v) is 3.04. The number of benzene rings is 1. The van der Waals surface area contributed by atoms with Crippen molar-refractivity contribution in [3.8, 4) is 0 Å². The number of esters is 1. The standard InChI is InChI=1S/C19H27NO5/c1-5-24-17(22)15-12-14(11-13-9-7-6-8-10-13)16(21)20(15)18(23)25-19(2,3)4/h6-10,14-16,21H,5,11-12H2,1-4H3/t14-,15-,16?/m0/s1. The molecule has 138 valence electrons. The lowest BCUT2D eigenvalue weighted by Crippen LogP contribution is -2.48. The minimum atomic E-state index is -1.09. The van der Waals surface area contributed by atoms with Gasteiger partial charge < -0.3 is 14.6 Å². The van der Waals surface area contributed by atoms with Crippen LogP contribution in [-0.2, 0) is 20.7 Å². The molecule has 0 aliphatic carbocycles. The highest BCUT2D eigenvalue weighted by Gasteiger charge is 2.48. The van der Waals surface area contributed by atoms with Gasteiger partial charge in [-0.3, -0.25) is 4.90 Å². The lowest BCUT2D eigenvalue weighted by molar-refractivity contribution is -0.150. The van der Waals surface area contributed by atoms with Gasteiger partial charge in [0.1, 0.15) is 17.9 Å². The summed E-state index contributed by atoms with van der Waals surface area (Å²) in [4.78, 5) is 25.9. The van der Waals surface area contributed by atoms with E-state index in [1.54, 1.807) is 27.7 Å². The second-order valence-electron chi connectivity index (χ2n) is 7.25. The molecule has 1 aliphatic rings. The molecule has 1 aromatic rings.